The number of rotatable bonds is 5. The van der Waals surface area contributed by atoms with E-state index in [1.807, 2.05) is 6.07 Å². The molecule has 6 nitrogen and oxygen atoms in total. The first kappa shape index (κ1) is 13.9. The maximum absolute atomic E-state index is 13.2. The smallest absolute Gasteiger partial charge is 0.305 e. The second-order valence-electron chi connectivity index (χ2n) is 4.00. The van der Waals surface area contributed by atoms with Crippen LogP contribution >= 0.6 is 0 Å². The molecule has 0 spiro atoms. The van der Waals surface area contributed by atoms with Crippen molar-refractivity contribution in [3.05, 3.63) is 34.1 Å². The predicted octanol–water partition coefficient (Wildman–Crippen LogP) is 1.74. The van der Waals surface area contributed by atoms with Crippen LogP contribution in [0.3, 0.4) is 0 Å². The molecule has 0 aliphatic carbocycles. The van der Waals surface area contributed by atoms with Crippen LogP contribution in [0.15, 0.2) is 18.2 Å². The third kappa shape index (κ3) is 3.68. The number of hydrogen-bond acceptors (Lipinski definition) is 5. The van der Waals surface area contributed by atoms with Crippen LogP contribution < -0.4 is 10.5 Å². The van der Waals surface area contributed by atoms with Crippen LogP contribution in [0.4, 0.5) is 10.1 Å². The average Bonchev–Trinajstić information content (AvgIpc) is 2.28. The number of ether oxygens (including phenoxy) is 1. The molecule has 1 aromatic carbocycles. The molecule has 0 amide bonds. The Bertz CT molecular complexity index is 497. The van der Waals surface area contributed by atoms with E-state index in [-0.39, 0.29) is 18.8 Å². The van der Waals surface area contributed by atoms with Gasteiger partial charge in [0, 0.05) is 18.6 Å². The monoisotopic (exact) mass is 253 g/mol. The van der Waals surface area contributed by atoms with E-state index in [9.17, 15) is 14.5 Å². The quantitative estimate of drug-likeness (QED) is 0.636. The fraction of sp³-hybridized carbons (Fsp3) is 0.364. The van der Waals surface area contributed by atoms with Crippen LogP contribution in [-0.2, 0) is 0 Å². The first-order valence-corrected chi connectivity index (χ1v) is 5.12. The Hall–Kier alpha value is -2.20. The molecular formula is C11H12FN3O3. The van der Waals surface area contributed by atoms with Gasteiger partial charge >= 0.3 is 5.69 Å². The van der Waals surface area contributed by atoms with Crippen molar-refractivity contribution in [3.63, 3.8) is 0 Å². The average molecular weight is 253 g/mol. The number of benzene rings is 1. The van der Waals surface area contributed by atoms with Crippen LogP contribution in [0.5, 0.6) is 5.75 Å². The molecule has 0 bridgehead atoms. The largest absolute Gasteiger partial charge is 0.493 e. The van der Waals surface area contributed by atoms with E-state index in [0.29, 0.717) is 0 Å². The highest BCUT2D eigenvalue weighted by atomic mass is 19.1. The second-order valence-corrected chi connectivity index (χ2v) is 4.00. The maximum Gasteiger partial charge on any atom is 0.305 e. The number of nitriles is 1. The topological polar surface area (TPSA) is 102 Å². The fourth-order valence-electron chi connectivity index (χ4n) is 1.16. The lowest BCUT2D eigenvalue weighted by Crippen LogP contribution is -2.35. The van der Waals surface area contributed by atoms with Gasteiger partial charge in [0.05, 0.1) is 17.6 Å². The molecule has 96 valence electrons. The van der Waals surface area contributed by atoms with E-state index < -0.39 is 22.0 Å². The molecule has 0 aromatic heterocycles. The molecule has 0 fully saturated rings. The molecule has 1 rings (SSSR count). The molecule has 1 unspecified atom stereocenters. The van der Waals surface area contributed by atoms with Gasteiger partial charge in [-0.25, -0.2) is 0 Å². The van der Waals surface area contributed by atoms with Gasteiger partial charge in [-0.2, -0.15) is 9.65 Å². The van der Waals surface area contributed by atoms with E-state index in [1.165, 1.54) is 6.07 Å². The fourth-order valence-corrected chi connectivity index (χ4v) is 1.16. The van der Waals surface area contributed by atoms with Crippen molar-refractivity contribution in [2.75, 3.05) is 6.61 Å². The van der Waals surface area contributed by atoms with Crippen LogP contribution in [0.1, 0.15) is 13.3 Å². The van der Waals surface area contributed by atoms with Crippen molar-refractivity contribution in [1.29, 1.82) is 5.26 Å². The third-order valence-corrected chi connectivity index (χ3v) is 2.26. The molecular weight excluding hydrogens is 241 g/mol. The highest BCUT2D eigenvalue weighted by Gasteiger charge is 2.18. The van der Waals surface area contributed by atoms with Crippen molar-refractivity contribution >= 4 is 5.69 Å². The minimum Gasteiger partial charge on any atom is -0.493 e. The second kappa shape index (κ2) is 5.42. The summed E-state index contributed by atoms with van der Waals surface area (Å²) < 4.78 is 18.4. The van der Waals surface area contributed by atoms with Crippen molar-refractivity contribution in [2.24, 2.45) is 5.73 Å². The van der Waals surface area contributed by atoms with E-state index in [4.69, 9.17) is 15.7 Å². The maximum atomic E-state index is 13.2. The zero-order valence-electron chi connectivity index (χ0n) is 9.72. The highest BCUT2D eigenvalue weighted by molar-refractivity contribution is 5.37. The van der Waals surface area contributed by atoms with Gasteiger partial charge in [-0.15, -0.1) is 0 Å². The normalized spacial score (nSPS) is 13.4. The van der Waals surface area contributed by atoms with Crippen LogP contribution in [-0.4, -0.2) is 17.1 Å². The summed E-state index contributed by atoms with van der Waals surface area (Å²) in [5.74, 6) is -0.805. The highest BCUT2D eigenvalue weighted by Crippen LogP contribution is 2.22. The predicted molar refractivity (Wildman–Crippen MR) is 61.4 cm³/mol. The van der Waals surface area contributed by atoms with Crippen molar-refractivity contribution in [2.45, 2.75) is 18.9 Å². The van der Waals surface area contributed by atoms with Crippen molar-refractivity contribution in [1.82, 2.24) is 0 Å². The minimum absolute atomic E-state index is 0.123. The first-order chi connectivity index (χ1) is 8.35. The Kier molecular flexibility index (Phi) is 4.18. The number of halogens is 1. The van der Waals surface area contributed by atoms with Gasteiger partial charge in [-0.05, 0) is 13.0 Å². The molecule has 1 atom stereocenters. The van der Waals surface area contributed by atoms with E-state index in [0.717, 1.165) is 12.1 Å². The van der Waals surface area contributed by atoms with Gasteiger partial charge in [-0.3, -0.25) is 10.1 Å². The third-order valence-electron chi connectivity index (χ3n) is 2.26. The van der Waals surface area contributed by atoms with Gasteiger partial charge in [0.25, 0.3) is 0 Å². The van der Waals surface area contributed by atoms with Gasteiger partial charge in [0.2, 0.25) is 5.82 Å². The Labute approximate surface area is 103 Å². The summed E-state index contributed by atoms with van der Waals surface area (Å²) >= 11 is 0. The molecule has 1 aromatic rings. The summed E-state index contributed by atoms with van der Waals surface area (Å²) in [6.07, 6.45) is 0.266. The molecule has 0 aliphatic heterocycles. The Morgan fingerprint density at radius 3 is 2.83 bits per heavy atom. The van der Waals surface area contributed by atoms with E-state index in [2.05, 4.69) is 0 Å². The number of hydrogen-bond donors (Lipinski definition) is 1. The SMILES string of the molecule is CC(N)(C#N)CCOc1ccc([N+](=O)[O-])c(F)c1. The molecule has 0 aliphatic rings. The Morgan fingerprint density at radius 2 is 2.33 bits per heavy atom. The summed E-state index contributed by atoms with van der Waals surface area (Å²) in [6, 6.07) is 5.14. The molecule has 0 radical (unpaired) electrons. The van der Waals surface area contributed by atoms with Crippen molar-refractivity contribution in [3.8, 4) is 11.8 Å². The Balaban J connectivity index is 2.63. The molecule has 0 saturated carbocycles. The van der Waals surface area contributed by atoms with Gasteiger partial charge < -0.3 is 10.5 Å². The molecule has 2 N–H and O–H groups in total. The van der Waals surface area contributed by atoms with Crippen molar-refractivity contribution < 1.29 is 14.1 Å². The molecule has 0 heterocycles. The standard InChI is InChI=1S/C11H12FN3O3/c1-11(14,7-13)4-5-18-8-2-3-10(15(16)17)9(12)6-8/h2-3,6H,4-5,14H2,1H3. The zero-order chi connectivity index (χ0) is 13.8. The van der Waals surface area contributed by atoms with Crippen LogP contribution in [0, 0.1) is 27.3 Å². The van der Waals surface area contributed by atoms with E-state index >= 15 is 0 Å². The molecule has 0 saturated heterocycles. The van der Waals surface area contributed by atoms with Crippen LogP contribution in [0.25, 0.3) is 0 Å². The summed E-state index contributed by atoms with van der Waals surface area (Å²) in [6.45, 7) is 1.67. The van der Waals surface area contributed by atoms with E-state index in [1.54, 1.807) is 6.92 Å². The summed E-state index contributed by atoms with van der Waals surface area (Å²) in [4.78, 5) is 9.58. The lowest BCUT2D eigenvalue weighted by molar-refractivity contribution is -0.387. The Morgan fingerprint density at radius 1 is 1.67 bits per heavy atom. The number of nitrogens with two attached hydrogens (primary N) is 1. The van der Waals surface area contributed by atoms with Gasteiger partial charge in [0.1, 0.15) is 11.3 Å². The molecule has 18 heavy (non-hydrogen) atoms. The first-order valence-electron chi connectivity index (χ1n) is 5.12. The van der Waals surface area contributed by atoms with Gasteiger partial charge in [0.15, 0.2) is 0 Å². The minimum atomic E-state index is -1.01. The number of nitrogens with zero attached hydrogens (tertiary/aromatic N) is 2. The number of nitro groups is 1. The summed E-state index contributed by atoms with van der Waals surface area (Å²) in [5.41, 5.74) is 3.95. The molecule has 7 heteroatoms. The lowest BCUT2D eigenvalue weighted by Gasteiger charge is -2.15. The van der Waals surface area contributed by atoms with Gasteiger partial charge in [-0.1, -0.05) is 0 Å². The zero-order valence-corrected chi connectivity index (χ0v) is 9.72. The summed E-state index contributed by atoms with van der Waals surface area (Å²) in [7, 11) is 0. The lowest BCUT2D eigenvalue weighted by atomic mass is 10.0. The summed E-state index contributed by atoms with van der Waals surface area (Å²) in [5, 5.41) is 19.1. The number of nitro benzene ring substituents is 1. The van der Waals surface area contributed by atoms with Crippen LogP contribution in [0.2, 0.25) is 0 Å².